The third-order valence-electron chi connectivity index (χ3n) is 4.26. The molecule has 2 nitrogen and oxygen atoms in total. The predicted octanol–water partition coefficient (Wildman–Crippen LogP) is 6.03. The van der Waals surface area contributed by atoms with Crippen LogP contribution in [-0.4, -0.2) is 22.5 Å². The first-order valence-corrected chi connectivity index (χ1v) is 11.9. The molecule has 0 spiro atoms. The Kier molecular flexibility index (Phi) is 14.1. The summed E-state index contributed by atoms with van der Waals surface area (Å²) < 4.78 is 11.8. The highest BCUT2D eigenvalue weighted by Gasteiger charge is 2.12. The van der Waals surface area contributed by atoms with Crippen molar-refractivity contribution in [3.05, 3.63) is 35.9 Å². The molecule has 0 heterocycles. The molecule has 0 amide bonds. The molecule has 0 atom stereocenters. The third kappa shape index (κ3) is 11.8. The maximum Gasteiger partial charge on any atom is 0.321 e. The van der Waals surface area contributed by atoms with Crippen molar-refractivity contribution in [2.24, 2.45) is 0 Å². The average molecular weight is 351 g/mol. The van der Waals surface area contributed by atoms with Crippen molar-refractivity contribution in [1.82, 2.24) is 0 Å². The van der Waals surface area contributed by atoms with Gasteiger partial charge in [0, 0.05) is 13.2 Å². The van der Waals surface area contributed by atoms with Gasteiger partial charge in [-0.2, -0.15) is 0 Å². The van der Waals surface area contributed by atoms with Gasteiger partial charge in [0.25, 0.3) is 0 Å². The van der Waals surface area contributed by atoms with Crippen LogP contribution in [-0.2, 0) is 15.3 Å². The van der Waals surface area contributed by atoms with E-state index in [1.54, 1.807) is 0 Å². The Morgan fingerprint density at radius 1 is 0.708 bits per heavy atom. The number of rotatable bonds is 16. The molecule has 0 unspecified atom stereocenters. The molecule has 1 rings (SSSR count). The molecule has 3 heteroatoms. The van der Waals surface area contributed by atoms with Gasteiger partial charge in [-0.1, -0.05) is 82.7 Å². The lowest BCUT2D eigenvalue weighted by atomic mass is 10.0. The van der Waals surface area contributed by atoms with E-state index in [1.165, 1.54) is 63.0 Å². The fourth-order valence-corrected chi connectivity index (χ4v) is 4.93. The largest absolute Gasteiger partial charge is 0.397 e. The van der Waals surface area contributed by atoms with E-state index in [4.69, 9.17) is 8.85 Å². The fourth-order valence-electron chi connectivity index (χ4n) is 2.88. The van der Waals surface area contributed by atoms with Gasteiger partial charge in [-0.05, 0) is 37.3 Å². The van der Waals surface area contributed by atoms with Crippen LogP contribution in [0.3, 0.4) is 0 Å². The van der Waals surface area contributed by atoms with E-state index in [1.807, 2.05) is 0 Å². The zero-order valence-electron chi connectivity index (χ0n) is 16.0. The predicted molar refractivity (Wildman–Crippen MR) is 107 cm³/mol. The molecule has 0 aromatic heterocycles. The maximum absolute atomic E-state index is 5.91. The quantitative estimate of drug-likeness (QED) is 0.267. The SMILES string of the molecule is CCCO[SiH](CCCCCCCCCc1ccccc1)OCCC. The normalized spacial score (nSPS) is 11.3. The van der Waals surface area contributed by atoms with Crippen LogP contribution in [0.5, 0.6) is 0 Å². The summed E-state index contributed by atoms with van der Waals surface area (Å²) >= 11 is 0. The first kappa shape index (κ1) is 21.4. The molecule has 0 radical (unpaired) electrons. The van der Waals surface area contributed by atoms with Gasteiger partial charge >= 0.3 is 9.28 Å². The van der Waals surface area contributed by atoms with Crippen molar-refractivity contribution < 1.29 is 8.85 Å². The van der Waals surface area contributed by atoms with Gasteiger partial charge in [0.2, 0.25) is 0 Å². The second kappa shape index (κ2) is 15.9. The Hall–Kier alpha value is -0.643. The Labute approximate surface area is 151 Å². The zero-order valence-corrected chi connectivity index (χ0v) is 17.1. The van der Waals surface area contributed by atoms with Crippen molar-refractivity contribution in [3.8, 4) is 0 Å². The molecule has 1 aromatic rings. The Morgan fingerprint density at radius 2 is 1.25 bits per heavy atom. The van der Waals surface area contributed by atoms with Gasteiger partial charge in [0.15, 0.2) is 0 Å². The van der Waals surface area contributed by atoms with E-state index in [0.717, 1.165) is 26.1 Å². The Bertz CT molecular complexity index is 361. The topological polar surface area (TPSA) is 18.5 Å². The number of benzene rings is 1. The summed E-state index contributed by atoms with van der Waals surface area (Å²) in [6.45, 7) is 6.09. The highest BCUT2D eigenvalue weighted by atomic mass is 28.3. The lowest BCUT2D eigenvalue weighted by Crippen LogP contribution is -2.23. The van der Waals surface area contributed by atoms with Crippen LogP contribution in [0, 0.1) is 0 Å². The van der Waals surface area contributed by atoms with Gasteiger partial charge in [-0.15, -0.1) is 0 Å². The van der Waals surface area contributed by atoms with Crippen LogP contribution in [0.15, 0.2) is 30.3 Å². The van der Waals surface area contributed by atoms with Crippen LogP contribution < -0.4 is 0 Å². The van der Waals surface area contributed by atoms with E-state index in [0.29, 0.717) is 0 Å². The third-order valence-corrected chi connectivity index (χ3v) is 6.36. The van der Waals surface area contributed by atoms with Crippen LogP contribution in [0.1, 0.15) is 77.2 Å². The van der Waals surface area contributed by atoms with Crippen LogP contribution in [0.4, 0.5) is 0 Å². The lowest BCUT2D eigenvalue weighted by Gasteiger charge is -2.16. The summed E-state index contributed by atoms with van der Waals surface area (Å²) in [6, 6.07) is 12.0. The minimum absolute atomic E-state index is 0.877. The van der Waals surface area contributed by atoms with Crippen molar-refractivity contribution in [2.75, 3.05) is 13.2 Å². The van der Waals surface area contributed by atoms with E-state index in [9.17, 15) is 0 Å². The van der Waals surface area contributed by atoms with Crippen molar-refractivity contribution in [2.45, 2.75) is 84.1 Å². The van der Waals surface area contributed by atoms with Crippen LogP contribution in [0.25, 0.3) is 0 Å². The minimum Gasteiger partial charge on any atom is -0.397 e. The molecule has 0 aliphatic heterocycles. The van der Waals surface area contributed by atoms with Gasteiger partial charge in [0.1, 0.15) is 0 Å². The first-order chi connectivity index (χ1) is 11.9. The summed E-state index contributed by atoms with van der Waals surface area (Å²) in [4.78, 5) is 0. The Balaban J connectivity index is 1.92. The molecule has 0 bridgehead atoms. The molecule has 0 aliphatic carbocycles. The van der Waals surface area contributed by atoms with E-state index in [2.05, 4.69) is 44.2 Å². The minimum atomic E-state index is -1.37. The van der Waals surface area contributed by atoms with Crippen LogP contribution in [0.2, 0.25) is 6.04 Å². The molecular formula is C21H38O2Si. The van der Waals surface area contributed by atoms with Crippen LogP contribution >= 0.6 is 0 Å². The summed E-state index contributed by atoms with van der Waals surface area (Å²) in [6.07, 6.45) is 12.9. The number of aryl methyl sites for hydroxylation is 1. The fraction of sp³-hybridized carbons (Fsp3) is 0.714. The molecule has 0 saturated carbocycles. The van der Waals surface area contributed by atoms with Gasteiger partial charge in [-0.25, -0.2) is 0 Å². The zero-order chi connectivity index (χ0) is 17.3. The Morgan fingerprint density at radius 3 is 1.83 bits per heavy atom. The van der Waals surface area contributed by atoms with Gasteiger partial charge < -0.3 is 8.85 Å². The van der Waals surface area contributed by atoms with Crippen molar-refractivity contribution in [3.63, 3.8) is 0 Å². The standard InChI is InChI=1S/C21H38O2Si/c1-3-18-22-24(23-19-4-2)20-14-9-7-5-6-8-11-15-21-16-12-10-13-17-21/h10,12-13,16-17,24H,3-9,11,14-15,18-20H2,1-2H3. The van der Waals surface area contributed by atoms with E-state index in [-0.39, 0.29) is 0 Å². The summed E-state index contributed by atoms with van der Waals surface area (Å²) in [7, 11) is -1.37. The first-order valence-electron chi connectivity index (χ1n) is 10.1. The van der Waals surface area contributed by atoms with Gasteiger partial charge in [0.05, 0.1) is 0 Å². The highest BCUT2D eigenvalue weighted by molar-refractivity contribution is 6.44. The molecule has 138 valence electrons. The molecule has 0 saturated heterocycles. The maximum atomic E-state index is 5.91. The number of hydrogen-bond donors (Lipinski definition) is 0. The molecule has 24 heavy (non-hydrogen) atoms. The lowest BCUT2D eigenvalue weighted by molar-refractivity contribution is 0.195. The molecule has 0 N–H and O–H groups in total. The summed E-state index contributed by atoms with van der Waals surface area (Å²) in [5.41, 5.74) is 1.48. The second-order valence-corrected chi connectivity index (χ2v) is 8.77. The smallest absolute Gasteiger partial charge is 0.321 e. The summed E-state index contributed by atoms with van der Waals surface area (Å²) in [5.74, 6) is 0. The highest BCUT2D eigenvalue weighted by Crippen LogP contribution is 2.13. The summed E-state index contributed by atoms with van der Waals surface area (Å²) in [5, 5.41) is 0. The molecular weight excluding hydrogens is 312 g/mol. The molecule has 0 fully saturated rings. The molecule has 1 aromatic carbocycles. The van der Waals surface area contributed by atoms with Crippen molar-refractivity contribution >= 4 is 9.28 Å². The average Bonchev–Trinajstić information content (AvgIpc) is 2.62. The monoisotopic (exact) mass is 350 g/mol. The van der Waals surface area contributed by atoms with Gasteiger partial charge in [-0.3, -0.25) is 0 Å². The number of unbranched alkanes of at least 4 members (excludes halogenated alkanes) is 6. The van der Waals surface area contributed by atoms with E-state index < -0.39 is 9.28 Å². The van der Waals surface area contributed by atoms with Crippen molar-refractivity contribution in [1.29, 1.82) is 0 Å². The number of hydrogen-bond acceptors (Lipinski definition) is 2. The second-order valence-electron chi connectivity index (χ2n) is 6.67. The van der Waals surface area contributed by atoms with E-state index >= 15 is 0 Å². The molecule has 0 aliphatic rings.